The number of carbonyl (C=O) groups is 1. The van der Waals surface area contributed by atoms with Gasteiger partial charge in [-0.1, -0.05) is 29.8 Å². The Balaban J connectivity index is 1.22. The van der Waals surface area contributed by atoms with Gasteiger partial charge < -0.3 is 20.1 Å². The van der Waals surface area contributed by atoms with E-state index < -0.39 is 0 Å². The normalized spacial score (nSPS) is 11.8. The number of rotatable bonds is 5. The number of hydrogen-bond donors (Lipinski definition) is 2. The molecule has 0 unspecified atom stereocenters. The van der Waals surface area contributed by atoms with Crippen molar-refractivity contribution < 1.29 is 14.3 Å². The number of aryl methyl sites for hydroxylation is 1. The first kappa shape index (κ1) is 19.6. The quantitative estimate of drug-likeness (QED) is 0.459. The molecular weight excluding hydrogens is 404 g/mol. The van der Waals surface area contributed by atoms with Gasteiger partial charge >= 0.3 is 0 Å². The zero-order valence-electron chi connectivity index (χ0n) is 17.3. The summed E-state index contributed by atoms with van der Waals surface area (Å²) in [5, 5.41) is 14.6. The maximum atomic E-state index is 12.6. The largest absolute Gasteiger partial charge is 0.454 e. The monoisotopic (exact) mass is 424 g/mol. The number of carbonyl (C=O) groups excluding carboxylic acids is 1. The fraction of sp³-hybridized carbons (Fsp3) is 0.0800. The van der Waals surface area contributed by atoms with Gasteiger partial charge in [-0.3, -0.25) is 4.79 Å². The predicted molar refractivity (Wildman–Crippen MR) is 122 cm³/mol. The number of aromatic nitrogens is 2. The number of nitrogens with zero attached hydrogens (tertiary/aromatic N) is 2. The molecule has 158 valence electrons. The molecule has 5 rings (SSSR count). The van der Waals surface area contributed by atoms with Crippen LogP contribution >= 0.6 is 0 Å². The maximum absolute atomic E-state index is 12.6. The van der Waals surface area contributed by atoms with Gasteiger partial charge in [0, 0.05) is 28.6 Å². The van der Waals surface area contributed by atoms with E-state index in [4.69, 9.17) is 9.47 Å². The van der Waals surface area contributed by atoms with Crippen molar-refractivity contribution in [2.24, 2.45) is 0 Å². The van der Waals surface area contributed by atoms with Crippen molar-refractivity contribution >= 4 is 23.1 Å². The van der Waals surface area contributed by atoms with Gasteiger partial charge in [-0.25, -0.2) is 0 Å². The molecule has 2 heterocycles. The van der Waals surface area contributed by atoms with Crippen molar-refractivity contribution in [3.05, 3.63) is 90.0 Å². The number of fused-ring (bicyclic) bond motifs is 1. The summed E-state index contributed by atoms with van der Waals surface area (Å²) in [4.78, 5) is 12.6. The van der Waals surface area contributed by atoms with Crippen molar-refractivity contribution in [2.75, 3.05) is 17.4 Å². The zero-order chi connectivity index (χ0) is 21.9. The van der Waals surface area contributed by atoms with Crippen molar-refractivity contribution in [3.8, 4) is 22.8 Å². The summed E-state index contributed by atoms with van der Waals surface area (Å²) in [6.07, 6.45) is 0. The fourth-order valence-corrected chi connectivity index (χ4v) is 3.31. The molecule has 0 fully saturated rings. The van der Waals surface area contributed by atoms with Crippen LogP contribution in [0.15, 0.2) is 78.9 Å². The van der Waals surface area contributed by atoms with Crippen LogP contribution in [-0.4, -0.2) is 22.9 Å². The van der Waals surface area contributed by atoms with E-state index in [1.807, 2.05) is 48.5 Å². The Bertz CT molecular complexity index is 1250. The molecule has 7 heteroatoms. The highest BCUT2D eigenvalue weighted by atomic mass is 16.7. The van der Waals surface area contributed by atoms with Crippen LogP contribution in [0.1, 0.15) is 15.9 Å². The van der Waals surface area contributed by atoms with E-state index >= 15 is 0 Å². The first-order chi connectivity index (χ1) is 15.6. The molecule has 2 N–H and O–H groups in total. The molecule has 0 saturated carbocycles. The summed E-state index contributed by atoms with van der Waals surface area (Å²) in [6, 6.07) is 24.4. The lowest BCUT2D eigenvalue weighted by molar-refractivity contribution is 0.102. The lowest BCUT2D eigenvalue weighted by Crippen LogP contribution is -2.11. The van der Waals surface area contributed by atoms with E-state index in [-0.39, 0.29) is 12.7 Å². The highest BCUT2D eigenvalue weighted by Crippen LogP contribution is 2.34. The second-order valence-corrected chi connectivity index (χ2v) is 7.39. The summed E-state index contributed by atoms with van der Waals surface area (Å²) >= 11 is 0. The minimum atomic E-state index is -0.211. The van der Waals surface area contributed by atoms with Gasteiger partial charge in [0.2, 0.25) is 6.79 Å². The Labute approximate surface area is 185 Å². The summed E-state index contributed by atoms with van der Waals surface area (Å²) in [5.74, 6) is 1.71. The highest BCUT2D eigenvalue weighted by molar-refractivity contribution is 6.04. The topological polar surface area (TPSA) is 85.4 Å². The summed E-state index contributed by atoms with van der Waals surface area (Å²) in [6.45, 7) is 2.25. The Morgan fingerprint density at radius 1 is 0.812 bits per heavy atom. The number of hydrogen-bond acceptors (Lipinski definition) is 6. The summed E-state index contributed by atoms with van der Waals surface area (Å²) in [5.41, 5.74) is 5.02. The predicted octanol–water partition coefficient (Wildman–Crippen LogP) is 5.18. The second kappa shape index (κ2) is 8.39. The smallest absolute Gasteiger partial charge is 0.255 e. The van der Waals surface area contributed by atoms with Crippen LogP contribution in [-0.2, 0) is 0 Å². The molecule has 1 aliphatic rings. The van der Waals surface area contributed by atoms with E-state index in [2.05, 4.69) is 27.8 Å². The molecule has 1 amide bonds. The molecule has 0 atom stereocenters. The number of nitrogens with one attached hydrogen (secondary N) is 2. The Morgan fingerprint density at radius 3 is 2.31 bits per heavy atom. The molecule has 0 spiro atoms. The van der Waals surface area contributed by atoms with E-state index in [1.165, 1.54) is 5.56 Å². The van der Waals surface area contributed by atoms with Crippen LogP contribution in [0.5, 0.6) is 11.5 Å². The Hall–Kier alpha value is -4.39. The Kier molecular flexibility index (Phi) is 5.13. The third-order valence-corrected chi connectivity index (χ3v) is 5.06. The molecule has 1 aromatic heterocycles. The molecule has 7 nitrogen and oxygen atoms in total. The lowest BCUT2D eigenvalue weighted by Gasteiger charge is -2.09. The van der Waals surface area contributed by atoms with Gasteiger partial charge in [0.25, 0.3) is 5.91 Å². The molecular formula is C25H20N4O3. The van der Waals surface area contributed by atoms with Crippen molar-refractivity contribution in [2.45, 2.75) is 6.92 Å². The summed E-state index contributed by atoms with van der Waals surface area (Å²) < 4.78 is 10.6. The van der Waals surface area contributed by atoms with E-state index in [9.17, 15) is 4.79 Å². The standard InChI is InChI=1S/C25H20N4O3/c1-16-2-4-17(5-3-16)21-11-13-24(29-28-21)26-19-8-6-18(7-9-19)25(30)27-20-10-12-22-23(14-20)32-15-31-22/h2-14H,15H2,1H3,(H,26,29)(H,27,30). The minimum Gasteiger partial charge on any atom is -0.454 e. The number of ether oxygens (including phenoxy) is 2. The molecule has 32 heavy (non-hydrogen) atoms. The van der Waals surface area contributed by atoms with Crippen LogP contribution in [0.2, 0.25) is 0 Å². The van der Waals surface area contributed by atoms with Crippen LogP contribution in [0.3, 0.4) is 0 Å². The minimum absolute atomic E-state index is 0.195. The van der Waals surface area contributed by atoms with E-state index in [1.54, 1.807) is 30.3 Å². The molecule has 4 aromatic rings. The second-order valence-electron chi connectivity index (χ2n) is 7.39. The molecule has 0 radical (unpaired) electrons. The van der Waals surface area contributed by atoms with Crippen LogP contribution in [0.25, 0.3) is 11.3 Å². The zero-order valence-corrected chi connectivity index (χ0v) is 17.3. The molecule has 0 bridgehead atoms. The third kappa shape index (κ3) is 4.22. The van der Waals surface area contributed by atoms with E-state index in [0.29, 0.717) is 28.6 Å². The van der Waals surface area contributed by atoms with Gasteiger partial charge in [-0.2, -0.15) is 0 Å². The van der Waals surface area contributed by atoms with Crippen molar-refractivity contribution in [3.63, 3.8) is 0 Å². The van der Waals surface area contributed by atoms with Gasteiger partial charge in [0.15, 0.2) is 17.3 Å². The van der Waals surface area contributed by atoms with Crippen LogP contribution < -0.4 is 20.1 Å². The first-order valence-corrected chi connectivity index (χ1v) is 10.1. The van der Waals surface area contributed by atoms with Gasteiger partial charge in [0.05, 0.1) is 5.69 Å². The number of benzene rings is 3. The first-order valence-electron chi connectivity index (χ1n) is 10.1. The number of amides is 1. The average Bonchev–Trinajstić information content (AvgIpc) is 3.29. The molecule has 3 aromatic carbocycles. The van der Waals surface area contributed by atoms with Gasteiger partial charge in [-0.05, 0) is 55.5 Å². The average molecular weight is 424 g/mol. The van der Waals surface area contributed by atoms with Crippen molar-refractivity contribution in [1.29, 1.82) is 0 Å². The molecule has 0 saturated heterocycles. The summed E-state index contributed by atoms with van der Waals surface area (Å²) in [7, 11) is 0. The Morgan fingerprint density at radius 2 is 1.56 bits per heavy atom. The molecule has 1 aliphatic heterocycles. The van der Waals surface area contributed by atoms with Crippen LogP contribution in [0.4, 0.5) is 17.2 Å². The SMILES string of the molecule is Cc1ccc(-c2ccc(Nc3ccc(C(=O)Nc4ccc5c(c4)OCO5)cc3)nn2)cc1. The molecule has 0 aliphatic carbocycles. The van der Waals surface area contributed by atoms with Crippen LogP contribution in [0, 0.1) is 6.92 Å². The van der Waals surface area contributed by atoms with Crippen molar-refractivity contribution in [1.82, 2.24) is 10.2 Å². The fourth-order valence-electron chi connectivity index (χ4n) is 3.31. The van der Waals surface area contributed by atoms with Gasteiger partial charge in [-0.15, -0.1) is 10.2 Å². The lowest BCUT2D eigenvalue weighted by atomic mass is 10.1. The van der Waals surface area contributed by atoms with Gasteiger partial charge in [0.1, 0.15) is 0 Å². The number of anilines is 3. The van der Waals surface area contributed by atoms with E-state index in [0.717, 1.165) is 16.9 Å². The third-order valence-electron chi connectivity index (χ3n) is 5.06. The maximum Gasteiger partial charge on any atom is 0.255 e. The highest BCUT2D eigenvalue weighted by Gasteiger charge is 2.14.